The van der Waals surface area contributed by atoms with E-state index in [1.807, 2.05) is 0 Å². The highest BCUT2D eigenvalue weighted by Gasteiger charge is 2.16. The lowest BCUT2D eigenvalue weighted by Gasteiger charge is -2.12. The topological polar surface area (TPSA) is 90.1 Å². The summed E-state index contributed by atoms with van der Waals surface area (Å²) < 4.78 is 19.2. The van der Waals surface area contributed by atoms with Crippen molar-refractivity contribution in [2.24, 2.45) is 5.73 Å². The minimum Gasteiger partial charge on any atom is -0.496 e. The Morgan fingerprint density at radius 3 is 2.64 bits per heavy atom. The van der Waals surface area contributed by atoms with Crippen molar-refractivity contribution in [2.75, 3.05) is 12.4 Å². The molecule has 0 spiro atoms. The standard InChI is InChI=1S/C16H11Cl2FN4O2/c1-25-13-6-8-12(5-9(13)14(20)24)22-16(18)23-15(8)21-11-3-2-7(17)4-10(11)19/h2-6H,1H3,(H2,20,24)(H,21,22,23). The zero-order valence-electron chi connectivity index (χ0n) is 12.8. The van der Waals surface area contributed by atoms with Crippen molar-refractivity contribution >= 4 is 51.5 Å². The molecule has 0 bridgehead atoms. The molecule has 0 aliphatic carbocycles. The fourth-order valence-electron chi connectivity index (χ4n) is 2.30. The summed E-state index contributed by atoms with van der Waals surface area (Å²) in [6, 6.07) is 7.13. The monoisotopic (exact) mass is 380 g/mol. The number of amides is 1. The molecule has 0 fully saturated rings. The molecule has 0 unspecified atom stereocenters. The average molecular weight is 381 g/mol. The Labute approximate surface area is 151 Å². The van der Waals surface area contributed by atoms with Gasteiger partial charge in [-0.15, -0.1) is 0 Å². The summed E-state index contributed by atoms with van der Waals surface area (Å²) in [6.07, 6.45) is 0. The first-order chi connectivity index (χ1) is 11.9. The quantitative estimate of drug-likeness (QED) is 0.669. The molecule has 3 rings (SSSR count). The number of primary amides is 1. The van der Waals surface area contributed by atoms with Crippen LogP contribution in [0.2, 0.25) is 10.3 Å². The van der Waals surface area contributed by atoms with Crippen LogP contribution in [0, 0.1) is 5.82 Å². The van der Waals surface area contributed by atoms with Crippen molar-refractivity contribution in [3.05, 3.63) is 52.0 Å². The molecule has 0 saturated heterocycles. The van der Waals surface area contributed by atoms with Crippen molar-refractivity contribution in [3.63, 3.8) is 0 Å². The van der Waals surface area contributed by atoms with E-state index in [0.29, 0.717) is 10.9 Å². The fourth-order valence-corrected chi connectivity index (χ4v) is 2.64. The SMILES string of the molecule is COc1cc2c(Nc3ccc(Cl)cc3F)nc(Cl)nc2cc1C(N)=O. The first-order valence-electron chi connectivity index (χ1n) is 6.96. The maximum atomic E-state index is 14.0. The van der Waals surface area contributed by atoms with Gasteiger partial charge < -0.3 is 15.8 Å². The number of carbonyl (C=O) groups is 1. The van der Waals surface area contributed by atoms with E-state index < -0.39 is 11.7 Å². The highest BCUT2D eigenvalue weighted by atomic mass is 35.5. The number of methoxy groups -OCH3 is 1. The third-order valence-corrected chi connectivity index (χ3v) is 3.84. The Morgan fingerprint density at radius 1 is 1.24 bits per heavy atom. The van der Waals surface area contributed by atoms with Crippen molar-refractivity contribution in [1.29, 1.82) is 0 Å². The second-order valence-electron chi connectivity index (χ2n) is 5.02. The second kappa shape index (κ2) is 6.70. The molecule has 1 aromatic heterocycles. The number of anilines is 2. The minimum atomic E-state index is -0.674. The van der Waals surface area contributed by atoms with E-state index in [9.17, 15) is 9.18 Å². The molecule has 2 aromatic carbocycles. The van der Waals surface area contributed by atoms with Crippen LogP contribution in [0.5, 0.6) is 5.75 Å². The number of halogens is 3. The van der Waals surface area contributed by atoms with Crippen LogP contribution >= 0.6 is 23.2 Å². The summed E-state index contributed by atoms with van der Waals surface area (Å²) in [7, 11) is 1.40. The van der Waals surface area contributed by atoms with Gasteiger partial charge in [0.1, 0.15) is 17.4 Å². The predicted octanol–water partition coefficient (Wildman–Crippen LogP) is 3.93. The number of aromatic nitrogens is 2. The summed E-state index contributed by atoms with van der Waals surface area (Å²) in [5, 5.41) is 3.50. The number of rotatable bonds is 4. The molecule has 9 heteroatoms. The molecule has 6 nitrogen and oxygen atoms in total. The first kappa shape index (κ1) is 17.2. The van der Waals surface area contributed by atoms with E-state index in [2.05, 4.69) is 15.3 Å². The van der Waals surface area contributed by atoms with Crippen LogP contribution in [0.4, 0.5) is 15.9 Å². The van der Waals surface area contributed by atoms with E-state index in [1.165, 1.54) is 37.4 Å². The Balaban J connectivity index is 2.18. The van der Waals surface area contributed by atoms with Gasteiger partial charge in [0.05, 0.1) is 23.9 Å². The van der Waals surface area contributed by atoms with E-state index in [0.717, 1.165) is 0 Å². The molecule has 0 aliphatic heterocycles. The number of nitrogens with two attached hydrogens (primary N) is 1. The summed E-state index contributed by atoms with van der Waals surface area (Å²) in [6.45, 7) is 0. The lowest BCUT2D eigenvalue weighted by atomic mass is 10.1. The van der Waals surface area contributed by atoms with Crippen LogP contribution in [0.3, 0.4) is 0 Å². The smallest absolute Gasteiger partial charge is 0.252 e. The summed E-state index contributed by atoms with van der Waals surface area (Å²) in [5.41, 5.74) is 5.99. The Bertz CT molecular complexity index is 998. The lowest BCUT2D eigenvalue weighted by molar-refractivity contribution is 0.0997. The van der Waals surface area contributed by atoms with E-state index in [-0.39, 0.29) is 33.1 Å². The zero-order valence-corrected chi connectivity index (χ0v) is 14.3. The van der Waals surface area contributed by atoms with Gasteiger partial charge in [0, 0.05) is 10.4 Å². The molecule has 128 valence electrons. The summed E-state index contributed by atoms with van der Waals surface area (Å²) >= 11 is 11.7. The Morgan fingerprint density at radius 2 is 2.00 bits per heavy atom. The zero-order chi connectivity index (χ0) is 18.1. The number of carbonyl (C=O) groups excluding carboxylic acids is 1. The van der Waals surface area contributed by atoms with Gasteiger partial charge in [-0.3, -0.25) is 4.79 Å². The molecule has 0 aliphatic rings. The van der Waals surface area contributed by atoms with Crippen LogP contribution in [0.25, 0.3) is 10.9 Å². The second-order valence-corrected chi connectivity index (χ2v) is 5.80. The number of fused-ring (bicyclic) bond motifs is 1. The molecular formula is C16H11Cl2FN4O2. The summed E-state index contributed by atoms with van der Waals surface area (Å²) in [4.78, 5) is 19.7. The molecule has 25 heavy (non-hydrogen) atoms. The molecule has 0 atom stereocenters. The maximum Gasteiger partial charge on any atom is 0.252 e. The average Bonchev–Trinajstić information content (AvgIpc) is 2.56. The van der Waals surface area contributed by atoms with Crippen LogP contribution in [-0.2, 0) is 0 Å². The van der Waals surface area contributed by atoms with Gasteiger partial charge >= 0.3 is 0 Å². The largest absolute Gasteiger partial charge is 0.496 e. The van der Waals surface area contributed by atoms with Crippen molar-refractivity contribution in [1.82, 2.24) is 9.97 Å². The van der Waals surface area contributed by atoms with Gasteiger partial charge in [0.2, 0.25) is 5.28 Å². The molecule has 0 saturated carbocycles. The molecule has 3 aromatic rings. The Kier molecular flexibility index (Phi) is 4.61. The number of nitrogens with zero attached hydrogens (tertiary/aromatic N) is 2. The van der Waals surface area contributed by atoms with Gasteiger partial charge in [-0.25, -0.2) is 9.37 Å². The maximum absolute atomic E-state index is 14.0. The minimum absolute atomic E-state index is 0.0787. The van der Waals surface area contributed by atoms with Crippen LogP contribution in [0.15, 0.2) is 30.3 Å². The van der Waals surface area contributed by atoms with Gasteiger partial charge in [-0.05, 0) is 41.9 Å². The highest BCUT2D eigenvalue weighted by molar-refractivity contribution is 6.30. The third-order valence-electron chi connectivity index (χ3n) is 3.44. The van der Waals surface area contributed by atoms with Crippen molar-refractivity contribution < 1.29 is 13.9 Å². The molecular weight excluding hydrogens is 370 g/mol. The first-order valence-corrected chi connectivity index (χ1v) is 7.72. The molecule has 3 N–H and O–H groups in total. The van der Waals surface area contributed by atoms with Gasteiger partial charge in [-0.1, -0.05) is 11.6 Å². The molecule has 1 heterocycles. The number of benzene rings is 2. The van der Waals surface area contributed by atoms with Crippen LogP contribution in [0.1, 0.15) is 10.4 Å². The Hall–Kier alpha value is -2.64. The number of nitrogens with one attached hydrogen (secondary N) is 1. The van der Waals surface area contributed by atoms with Crippen LogP contribution < -0.4 is 15.8 Å². The van der Waals surface area contributed by atoms with Gasteiger partial charge in [0.25, 0.3) is 5.91 Å². The van der Waals surface area contributed by atoms with Crippen molar-refractivity contribution in [2.45, 2.75) is 0 Å². The third kappa shape index (κ3) is 3.42. The van der Waals surface area contributed by atoms with E-state index >= 15 is 0 Å². The number of ether oxygens (including phenoxy) is 1. The lowest BCUT2D eigenvalue weighted by Crippen LogP contribution is -2.13. The number of hydrogen-bond donors (Lipinski definition) is 2. The predicted molar refractivity (Wildman–Crippen MR) is 94.3 cm³/mol. The van der Waals surface area contributed by atoms with Crippen LogP contribution in [-0.4, -0.2) is 23.0 Å². The van der Waals surface area contributed by atoms with Crippen molar-refractivity contribution in [3.8, 4) is 5.75 Å². The number of hydrogen-bond acceptors (Lipinski definition) is 5. The van der Waals surface area contributed by atoms with E-state index in [4.69, 9.17) is 33.7 Å². The molecule has 0 radical (unpaired) electrons. The van der Waals surface area contributed by atoms with E-state index in [1.54, 1.807) is 0 Å². The molecule has 1 amide bonds. The normalized spacial score (nSPS) is 10.7. The summed E-state index contributed by atoms with van der Waals surface area (Å²) in [5.74, 6) is -0.751. The fraction of sp³-hybridized carbons (Fsp3) is 0.0625. The van der Waals surface area contributed by atoms with Gasteiger partial charge in [0.15, 0.2) is 0 Å². The highest BCUT2D eigenvalue weighted by Crippen LogP contribution is 2.32. The van der Waals surface area contributed by atoms with Gasteiger partial charge in [-0.2, -0.15) is 4.98 Å².